The molecule has 1 aromatic carbocycles. The fraction of sp³-hybridized carbons (Fsp3) is 0.211. The Balaban J connectivity index is 1.78. The molecule has 1 aliphatic carbocycles. The van der Waals surface area contributed by atoms with Gasteiger partial charge in [0.1, 0.15) is 18.0 Å². The van der Waals surface area contributed by atoms with Gasteiger partial charge in [0.05, 0.1) is 17.6 Å². The highest BCUT2D eigenvalue weighted by molar-refractivity contribution is 5.84. The van der Waals surface area contributed by atoms with E-state index in [1.807, 2.05) is 48.0 Å². The van der Waals surface area contributed by atoms with Gasteiger partial charge >= 0.3 is 0 Å². The number of benzene rings is 1. The normalized spacial score (nSPS) is 18.7. The minimum Gasteiger partial charge on any atom is -0.383 e. The van der Waals surface area contributed by atoms with Crippen molar-refractivity contribution in [1.29, 1.82) is 0 Å². The maximum Gasteiger partial charge on any atom is 0.163 e. The molecule has 2 unspecified atom stereocenters. The minimum atomic E-state index is -0.110. The van der Waals surface area contributed by atoms with Crippen molar-refractivity contribution in [3.63, 3.8) is 0 Å². The van der Waals surface area contributed by atoms with Gasteiger partial charge in [0.2, 0.25) is 0 Å². The molecule has 0 saturated carbocycles. The van der Waals surface area contributed by atoms with Crippen molar-refractivity contribution in [3.8, 4) is 0 Å². The molecule has 126 valence electrons. The largest absolute Gasteiger partial charge is 0.383 e. The van der Waals surface area contributed by atoms with E-state index in [-0.39, 0.29) is 17.8 Å². The van der Waals surface area contributed by atoms with Gasteiger partial charge in [0.15, 0.2) is 5.65 Å². The summed E-state index contributed by atoms with van der Waals surface area (Å²) < 4.78 is 15.8. The Morgan fingerprint density at radius 3 is 2.80 bits per heavy atom. The summed E-state index contributed by atoms with van der Waals surface area (Å²) >= 11 is 0. The summed E-state index contributed by atoms with van der Waals surface area (Å²) in [6, 6.07) is 9.90. The lowest BCUT2D eigenvalue weighted by Gasteiger charge is -2.28. The maximum atomic E-state index is 14.0. The van der Waals surface area contributed by atoms with Crippen LogP contribution < -0.4 is 5.73 Å². The molecule has 0 radical (unpaired) electrons. The second-order valence-corrected chi connectivity index (χ2v) is 6.21. The molecule has 0 amide bonds. The van der Waals surface area contributed by atoms with Gasteiger partial charge in [-0.05, 0) is 24.1 Å². The van der Waals surface area contributed by atoms with Gasteiger partial charge in [-0.15, -0.1) is 0 Å². The number of allylic oxidation sites excluding steroid dienone is 4. The van der Waals surface area contributed by atoms with Crippen LogP contribution in [0.2, 0.25) is 0 Å². The highest BCUT2D eigenvalue weighted by atomic mass is 19.1. The average Bonchev–Trinajstić information content (AvgIpc) is 3.07. The lowest BCUT2D eigenvalue weighted by Crippen LogP contribution is -2.17. The molecule has 1 aliphatic rings. The zero-order valence-electron chi connectivity index (χ0n) is 13.8. The third-order valence-corrected chi connectivity index (χ3v) is 4.73. The zero-order chi connectivity index (χ0) is 17.4. The van der Waals surface area contributed by atoms with Gasteiger partial charge in [-0.3, -0.25) is 0 Å². The second kappa shape index (κ2) is 6.12. The van der Waals surface area contributed by atoms with E-state index in [1.54, 1.807) is 12.3 Å². The topological polar surface area (TPSA) is 69.6 Å². The van der Waals surface area contributed by atoms with Crippen molar-refractivity contribution < 1.29 is 4.39 Å². The van der Waals surface area contributed by atoms with Crippen LogP contribution in [0.3, 0.4) is 0 Å². The summed E-state index contributed by atoms with van der Waals surface area (Å²) in [5.74, 6) is 0.271. The number of hydrogen-bond acceptors (Lipinski definition) is 4. The van der Waals surface area contributed by atoms with E-state index < -0.39 is 0 Å². The zero-order valence-corrected chi connectivity index (χ0v) is 13.8. The molecule has 2 N–H and O–H groups in total. The molecule has 25 heavy (non-hydrogen) atoms. The van der Waals surface area contributed by atoms with E-state index in [4.69, 9.17) is 5.73 Å². The lowest BCUT2D eigenvalue weighted by molar-refractivity contribution is 0.494. The van der Waals surface area contributed by atoms with Gasteiger partial charge in [-0.1, -0.05) is 36.4 Å². The van der Waals surface area contributed by atoms with Crippen LogP contribution in [-0.4, -0.2) is 19.7 Å². The van der Waals surface area contributed by atoms with Gasteiger partial charge < -0.3 is 5.73 Å². The highest BCUT2D eigenvalue weighted by Gasteiger charge is 2.27. The van der Waals surface area contributed by atoms with Crippen LogP contribution in [-0.2, 0) is 0 Å². The molecule has 2 aromatic heterocycles. The molecule has 0 saturated heterocycles. The summed E-state index contributed by atoms with van der Waals surface area (Å²) in [5.41, 5.74) is 8.77. The Hall–Kier alpha value is -3.02. The monoisotopic (exact) mass is 335 g/mol. The molecule has 3 aromatic rings. The Labute approximate surface area is 144 Å². The summed E-state index contributed by atoms with van der Waals surface area (Å²) in [4.78, 5) is 8.33. The number of nitrogens with two attached hydrogens (primary N) is 1. The molecule has 2 heterocycles. The Morgan fingerprint density at radius 2 is 2.00 bits per heavy atom. The molecule has 6 heteroatoms. The van der Waals surface area contributed by atoms with Crippen molar-refractivity contribution in [2.24, 2.45) is 0 Å². The average molecular weight is 335 g/mol. The van der Waals surface area contributed by atoms with E-state index in [9.17, 15) is 4.39 Å². The first-order valence-electron chi connectivity index (χ1n) is 8.20. The first-order chi connectivity index (χ1) is 12.1. The number of aromatic nitrogens is 4. The quantitative estimate of drug-likeness (QED) is 0.787. The van der Waals surface area contributed by atoms with E-state index in [1.165, 1.54) is 6.33 Å². The second-order valence-electron chi connectivity index (χ2n) is 6.21. The van der Waals surface area contributed by atoms with Gasteiger partial charge in [-0.25, -0.2) is 19.0 Å². The third-order valence-electron chi connectivity index (χ3n) is 4.73. The molecular formula is C19H18FN5. The van der Waals surface area contributed by atoms with Gasteiger partial charge in [-0.2, -0.15) is 5.10 Å². The number of hydrogen-bond donors (Lipinski definition) is 1. The van der Waals surface area contributed by atoms with Crippen LogP contribution in [0.4, 0.5) is 10.2 Å². The van der Waals surface area contributed by atoms with Crippen LogP contribution >= 0.6 is 0 Å². The number of fused-ring (bicyclic) bond motifs is 1. The number of halogens is 1. The van der Waals surface area contributed by atoms with Crippen LogP contribution in [0.5, 0.6) is 0 Å². The number of anilines is 1. The van der Waals surface area contributed by atoms with Gasteiger partial charge in [0.25, 0.3) is 0 Å². The van der Waals surface area contributed by atoms with Crippen LogP contribution in [0, 0.1) is 0 Å². The van der Waals surface area contributed by atoms with Crippen molar-refractivity contribution in [3.05, 3.63) is 72.0 Å². The molecule has 0 bridgehead atoms. The van der Waals surface area contributed by atoms with Crippen molar-refractivity contribution in [1.82, 2.24) is 19.7 Å². The SMILES string of the molecule is CC(C1=CC=C(F)CC1c1ccccc1)n1ncc2c(N)ncnc21. The highest BCUT2D eigenvalue weighted by Crippen LogP contribution is 2.40. The fourth-order valence-electron chi connectivity index (χ4n) is 3.41. The van der Waals surface area contributed by atoms with Crippen LogP contribution in [0.25, 0.3) is 11.0 Å². The molecular weight excluding hydrogens is 317 g/mol. The molecule has 5 nitrogen and oxygen atoms in total. The smallest absolute Gasteiger partial charge is 0.163 e. The molecule has 2 atom stereocenters. The minimum absolute atomic E-state index is 0.0281. The summed E-state index contributed by atoms with van der Waals surface area (Å²) in [5, 5.41) is 5.18. The van der Waals surface area contributed by atoms with Crippen molar-refractivity contribution >= 4 is 16.9 Å². The first kappa shape index (κ1) is 15.5. The van der Waals surface area contributed by atoms with E-state index in [0.29, 0.717) is 17.9 Å². The van der Waals surface area contributed by atoms with Crippen molar-refractivity contribution in [2.75, 3.05) is 5.73 Å². The standard InChI is InChI=1S/C19H18FN5/c1-12(25-19-17(10-24-25)18(21)22-11-23-19)15-8-7-14(20)9-16(15)13-5-3-2-4-6-13/h2-8,10-12,16H,9H2,1H3,(H2,21,22,23). The number of nitrogens with zero attached hydrogens (tertiary/aromatic N) is 4. The van der Waals surface area contributed by atoms with Crippen LogP contribution in [0.1, 0.15) is 30.9 Å². The van der Waals surface area contributed by atoms with Crippen molar-refractivity contribution in [2.45, 2.75) is 25.3 Å². The van der Waals surface area contributed by atoms with E-state index in [0.717, 1.165) is 16.5 Å². The predicted molar refractivity (Wildman–Crippen MR) is 95.5 cm³/mol. The van der Waals surface area contributed by atoms with E-state index >= 15 is 0 Å². The molecule has 0 aliphatic heterocycles. The van der Waals surface area contributed by atoms with E-state index in [2.05, 4.69) is 15.1 Å². The Kier molecular flexibility index (Phi) is 3.80. The lowest BCUT2D eigenvalue weighted by atomic mass is 9.82. The fourth-order valence-corrected chi connectivity index (χ4v) is 3.41. The summed E-state index contributed by atoms with van der Waals surface area (Å²) in [6.45, 7) is 2.05. The third kappa shape index (κ3) is 2.69. The Morgan fingerprint density at radius 1 is 1.20 bits per heavy atom. The molecule has 0 spiro atoms. The number of rotatable bonds is 3. The maximum absolute atomic E-state index is 14.0. The summed E-state index contributed by atoms with van der Waals surface area (Å²) in [7, 11) is 0. The first-order valence-corrected chi connectivity index (χ1v) is 8.20. The number of nitrogen functional groups attached to an aromatic ring is 1. The molecule has 4 rings (SSSR count). The Bertz CT molecular complexity index is 974. The molecule has 0 fully saturated rings. The predicted octanol–water partition coefficient (Wildman–Crippen LogP) is 3.94. The van der Waals surface area contributed by atoms with Gasteiger partial charge in [0, 0.05) is 12.3 Å². The summed E-state index contributed by atoms with van der Waals surface area (Å²) in [6.07, 6.45) is 6.88. The van der Waals surface area contributed by atoms with Crippen LogP contribution in [0.15, 0.2) is 66.4 Å².